The first-order valence-corrected chi connectivity index (χ1v) is 8.30. The van der Waals surface area contributed by atoms with E-state index in [4.69, 9.17) is 4.42 Å². The zero-order valence-corrected chi connectivity index (χ0v) is 14.8. The lowest BCUT2D eigenvalue weighted by Gasteiger charge is -2.20. The average Bonchev–Trinajstić information content (AvgIpc) is 2.68. The van der Waals surface area contributed by atoms with Gasteiger partial charge in [0.25, 0.3) is 5.69 Å². The molecule has 0 aliphatic rings. The zero-order chi connectivity index (χ0) is 20.3. The van der Waals surface area contributed by atoms with Crippen LogP contribution in [0.3, 0.4) is 0 Å². The maximum Gasteiger partial charge on any atom is 0.269 e. The lowest BCUT2D eigenvalue weighted by atomic mass is 10.0. The molecular formula is C19H17N3O6. The Labute approximate surface area is 159 Å². The number of pyridine rings is 1. The van der Waals surface area contributed by atoms with Crippen LogP contribution in [0.2, 0.25) is 0 Å². The number of aryl methyl sites for hydroxylation is 1. The Balaban J connectivity index is 2.17. The molecule has 3 aromatic rings. The lowest BCUT2D eigenvalue weighted by Crippen LogP contribution is -2.17. The van der Waals surface area contributed by atoms with E-state index in [0.717, 1.165) is 11.8 Å². The summed E-state index contributed by atoms with van der Waals surface area (Å²) in [5.41, 5.74) is 0.185. The van der Waals surface area contributed by atoms with Crippen LogP contribution in [0.25, 0.3) is 0 Å². The molecule has 144 valence electrons. The minimum atomic E-state index is -0.964. The Hall–Kier alpha value is -3.72. The van der Waals surface area contributed by atoms with Crippen molar-refractivity contribution in [2.45, 2.75) is 19.6 Å². The van der Waals surface area contributed by atoms with Crippen molar-refractivity contribution < 1.29 is 19.6 Å². The van der Waals surface area contributed by atoms with Gasteiger partial charge in [0.05, 0.1) is 4.92 Å². The van der Waals surface area contributed by atoms with Crippen molar-refractivity contribution in [3.8, 4) is 5.75 Å². The average molecular weight is 383 g/mol. The molecule has 28 heavy (non-hydrogen) atoms. The number of hydrogen-bond acceptors (Lipinski definition) is 8. The molecule has 3 rings (SSSR count). The molecule has 9 nitrogen and oxygen atoms in total. The quantitative estimate of drug-likeness (QED) is 0.436. The third kappa shape index (κ3) is 3.99. The van der Waals surface area contributed by atoms with E-state index in [-0.39, 0.29) is 17.2 Å². The summed E-state index contributed by atoms with van der Waals surface area (Å²) >= 11 is 0. The first kappa shape index (κ1) is 19.1. The van der Waals surface area contributed by atoms with Crippen LogP contribution in [0.4, 0.5) is 11.5 Å². The summed E-state index contributed by atoms with van der Waals surface area (Å²) in [5, 5.41) is 33.8. The van der Waals surface area contributed by atoms with Gasteiger partial charge in [-0.1, -0.05) is 18.2 Å². The summed E-state index contributed by atoms with van der Waals surface area (Å²) in [7, 11) is 0. The molecule has 0 aliphatic heterocycles. The number of nitrogens with one attached hydrogen (secondary N) is 1. The third-order valence-electron chi connectivity index (χ3n) is 4.01. The second-order valence-corrected chi connectivity index (χ2v) is 6.04. The van der Waals surface area contributed by atoms with E-state index in [9.17, 15) is 25.1 Å². The fraction of sp³-hybridized carbons (Fsp3) is 0.158. The van der Waals surface area contributed by atoms with Gasteiger partial charge in [-0.05, 0) is 24.6 Å². The molecule has 0 saturated carbocycles. The van der Waals surface area contributed by atoms with Crippen molar-refractivity contribution in [3.05, 3.63) is 91.6 Å². The number of rotatable bonds is 6. The van der Waals surface area contributed by atoms with E-state index in [0.29, 0.717) is 11.4 Å². The molecule has 0 spiro atoms. The highest BCUT2D eigenvalue weighted by molar-refractivity contribution is 5.48. The Morgan fingerprint density at radius 3 is 2.68 bits per heavy atom. The van der Waals surface area contributed by atoms with Gasteiger partial charge in [0, 0.05) is 23.9 Å². The summed E-state index contributed by atoms with van der Waals surface area (Å²) in [6, 6.07) is 10.9. The van der Waals surface area contributed by atoms with Crippen LogP contribution >= 0.6 is 0 Å². The Morgan fingerprint density at radius 1 is 1.25 bits per heavy atom. The van der Waals surface area contributed by atoms with Crippen molar-refractivity contribution in [2.75, 3.05) is 5.32 Å². The number of aromatic hydroxyl groups is 1. The first-order valence-electron chi connectivity index (χ1n) is 8.30. The van der Waals surface area contributed by atoms with Crippen molar-refractivity contribution in [1.82, 2.24) is 4.98 Å². The number of nitro groups is 1. The number of benzene rings is 1. The summed E-state index contributed by atoms with van der Waals surface area (Å²) in [4.78, 5) is 27.0. The molecule has 0 amide bonds. The van der Waals surface area contributed by atoms with Crippen molar-refractivity contribution in [1.29, 1.82) is 0 Å². The Bertz CT molecular complexity index is 1080. The van der Waals surface area contributed by atoms with E-state index in [1.807, 2.05) is 0 Å². The second-order valence-electron chi connectivity index (χ2n) is 6.04. The smallest absolute Gasteiger partial charge is 0.269 e. The van der Waals surface area contributed by atoms with Crippen LogP contribution in [0.5, 0.6) is 5.75 Å². The fourth-order valence-electron chi connectivity index (χ4n) is 2.72. The number of aromatic nitrogens is 1. The predicted molar refractivity (Wildman–Crippen MR) is 100 cm³/mol. The summed E-state index contributed by atoms with van der Waals surface area (Å²) in [6.07, 6.45) is 0. The van der Waals surface area contributed by atoms with Gasteiger partial charge in [0.1, 0.15) is 24.2 Å². The standard InChI is InChI=1S/C19H17N3O6/c1-11-4-2-7-16(20-11)21-17(12-5-3-6-13(8-12)22(26)27)19-18(25)15(24)9-14(10-23)28-19/h2-9,17,23,25H,10H2,1H3,(H,20,21). The van der Waals surface area contributed by atoms with E-state index in [1.54, 1.807) is 31.2 Å². The van der Waals surface area contributed by atoms with Crippen molar-refractivity contribution in [2.24, 2.45) is 0 Å². The molecule has 3 N–H and O–H groups in total. The second kappa shape index (κ2) is 7.89. The number of non-ortho nitro benzene ring substituents is 1. The highest BCUT2D eigenvalue weighted by Gasteiger charge is 2.25. The number of anilines is 1. The molecule has 0 aliphatic carbocycles. The molecule has 9 heteroatoms. The van der Waals surface area contributed by atoms with E-state index in [2.05, 4.69) is 10.3 Å². The number of aliphatic hydroxyl groups excluding tert-OH is 1. The molecular weight excluding hydrogens is 366 g/mol. The van der Waals surface area contributed by atoms with Crippen LogP contribution in [-0.2, 0) is 6.61 Å². The summed E-state index contributed by atoms with van der Waals surface area (Å²) < 4.78 is 5.50. The maximum absolute atomic E-state index is 12.1. The predicted octanol–water partition coefficient (Wildman–Crippen LogP) is 2.65. The number of nitro benzene ring substituents is 1. The molecule has 2 heterocycles. The molecule has 2 aromatic heterocycles. The van der Waals surface area contributed by atoms with E-state index in [1.165, 1.54) is 18.2 Å². The SMILES string of the molecule is Cc1cccc(NC(c2cccc([N+](=O)[O-])c2)c2oc(CO)cc(=O)c2O)n1. The lowest BCUT2D eigenvalue weighted by molar-refractivity contribution is -0.384. The van der Waals surface area contributed by atoms with Gasteiger partial charge in [0.15, 0.2) is 5.76 Å². The van der Waals surface area contributed by atoms with Crippen molar-refractivity contribution in [3.63, 3.8) is 0 Å². The Kier molecular flexibility index (Phi) is 5.37. The summed E-state index contributed by atoms with van der Waals surface area (Å²) in [5.74, 6) is -0.477. The monoisotopic (exact) mass is 383 g/mol. The largest absolute Gasteiger partial charge is 0.502 e. The topological polar surface area (TPSA) is 139 Å². The number of nitrogens with zero attached hydrogens (tertiary/aromatic N) is 2. The highest BCUT2D eigenvalue weighted by atomic mass is 16.6. The molecule has 0 radical (unpaired) electrons. The van der Waals surface area contributed by atoms with Crippen LogP contribution in [0.15, 0.2) is 57.7 Å². The van der Waals surface area contributed by atoms with Crippen LogP contribution in [0.1, 0.15) is 28.8 Å². The third-order valence-corrected chi connectivity index (χ3v) is 4.01. The fourth-order valence-corrected chi connectivity index (χ4v) is 2.72. The first-order chi connectivity index (χ1) is 13.4. The van der Waals surface area contributed by atoms with Gasteiger partial charge < -0.3 is 19.9 Å². The molecule has 0 fully saturated rings. The minimum absolute atomic E-state index is 0.0489. The van der Waals surface area contributed by atoms with Gasteiger partial charge in [-0.15, -0.1) is 0 Å². The number of hydrogen-bond donors (Lipinski definition) is 3. The molecule has 0 bridgehead atoms. The Morgan fingerprint density at radius 2 is 2.00 bits per heavy atom. The minimum Gasteiger partial charge on any atom is -0.502 e. The van der Waals surface area contributed by atoms with Crippen LogP contribution < -0.4 is 10.7 Å². The molecule has 1 unspecified atom stereocenters. The van der Waals surface area contributed by atoms with E-state index >= 15 is 0 Å². The van der Waals surface area contributed by atoms with Crippen LogP contribution in [0, 0.1) is 17.0 Å². The van der Waals surface area contributed by atoms with Crippen LogP contribution in [-0.4, -0.2) is 20.1 Å². The van der Waals surface area contributed by atoms with Gasteiger partial charge in [-0.25, -0.2) is 4.98 Å². The van der Waals surface area contributed by atoms with Gasteiger partial charge >= 0.3 is 0 Å². The highest BCUT2D eigenvalue weighted by Crippen LogP contribution is 2.32. The zero-order valence-electron chi connectivity index (χ0n) is 14.8. The van der Waals surface area contributed by atoms with E-state index < -0.39 is 28.8 Å². The van der Waals surface area contributed by atoms with Gasteiger partial charge in [-0.2, -0.15) is 0 Å². The summed E-state index contributed by atoms with van der Waals surface area (Å²) in [6.45, 7) is 1.24. The molecule has 1 aromatic carbocycles. The molecule has 0 saturated heterocycles. The maximum atomic E-state index is 12.1. The number of aliphatic hydroxyl groups is 1. The van der Waals surface area contributed by atoms with Crippen molar-refractivity contribution >= 4 is 11.5 Å². The normalized spacial score (nSPS) is 11.8. The van der Waals surface area contributed by atoms with Gasteiger partial charge in [-0.3, -0.25) is 14.9 Å². The van der Waals surface area contributed by atoms with Gasteiger partial charge in [0.2, 0.25) is 11.2 Å². The molecule has 1 atom stereocenters.